The molecule has 1 unspecified atom stereocenters. The SMILES string of the molecule is O=Cc1cccc(OC2CCCc3ccccc32)c1. The first-order valence-electron chi connectivity index (χ1n) is 6.66. The third-order valence-electron chi connectivity index (χ3n) is 3.59. The number of carbonyl (C=O) groups excluding carboxylic acids is 1. The lowest BCUT2D eigenvalue weighted by atomic mass is 9.89. The molecule has 0 saturated heterocycles. The van der Waals surface area contributed by atoms with Crippen LogP contribution in [-0.2, 0) is 6.42 Å². The molecule has 0 aromatic heterocycles. The van der Waals surface area contributed by atoms with Gasteiger partial charge in [0.05, 0.1) is 0 Å². The maximum atomic E-state index is 10.8. The zero-order chi connectivity index (χ0) is 13.1. The van der Waals surface area contributed by atoms with E-state index < -0.39 is 0 Å². The van der Waals surface area contributed by atoms with Crippen LogP contribution in [0.1, 0.15) is 40.4 Å². The lowest BCUT2D eigenvalue weighted by Gasteiger charge is -2.26. The standard InChI is InChI=1S/C17H16O2/c18-12-13-5-3-8-15(11-13)19-17-10-4-7-14-6-1-2-9-16(14)17/h1-3,5-6,8-9,11-12,17H,4,7,10H2. The predicted molar refractivity (Wildman–Crippen MR) is 74.6 cm³/mol. The third kappa shape index (κ3) is 2.53. The van der Waals surface area contributed by atoms with Crippen LogP contribution in [-0.4, -0.2) is 6.29 Å². The second-order valence-electron chi connectivity index (χ2n) is 4.89. The van der Waals surface area contributed by atoms with Gasteiger partial charge in [0.25, 0.3) is 0 Å². The van der Waals surface area contributed by atoms with Gasteiger partial charge in [-0.3, -0.25) is 4.79 Å². The Morgan fingerprint density at radius 3 is 2.89 bits per heavy atom. The second kappa shape index (κ2) is 5.27. The molecule has 0 amide bonds. The zero-order valence-corrected chi connectivity index (χ0v) is 10.7. The molecule has 1 aliphatic rings. The lowest BCUT2D eigenvalue weighted by molar-refractivity contribution is 0.112. The van der Waals surface area contributed by atoms with Gasteiger partial charge in [-0.25, -0.2) is 0 Å². The van der Waals surface area contributed by atoms with E-state index in [1.54, 1.807) is 12.1 Å². The summed E-state index contributed by atoms with van der Waals surface area (Å²) >= 11 is 0. The van der Waals surface area contributed by atoms with Crippen molar-refractivity contribution in [3.8, 4) is 5.75 Å². The van der Waals surface area contributed by atoms with Crippen molar-refractivity contribution in [1.29, 1.82) is 0 Å². The molecule has 96 valence electrons. The first kappa shape index (κ1) is 12.0. The van der Waals surface area contributed by atoms with Gasteiger partial charge in [-0.1, -0.05) is 36.4 Å². The number of hydrogen-bond acceptors (Lipinski definition) is 2. The number of aldehydes is 1. The molecule has 2 aromatic carbocycles. The van der Waals surface area contributed by atoms with Crippen LogP contribution >= 0.6 is 0 Å². The van der Waals surface area contributed by atoms with E-state index in [-0.39, 0.29) is 6.10 Å². The third-order valence-corrected chi connectivity index (χ3v) is 3.59. The molecule has 0 bridgehead atoms. The molecule has 1 atom stereocenters. The fourth-order valence-corrected chi connectivity index (χ4v) is 2.66. The maximum Gasteiger partial charge on any atom is 0.150 e. The molecule has 19 heavy (non-hydrogen) atoms. The molecule has 0 N–H and O–H groups in total. The average molecular weight is 252 g/mol. The van der Waals surface area contributed by atoms with E-state index in [1.165, 1.54) is 11.1 Å². The largest absolute Gasteiger partial charge is 0.486 e. The Kier molecular flexibility index (Phi) is 3.32. The summed E-state index contributed by atoms with van der Waals surface area (Å²) in [5, 5.41) is 0. The molecule has 2 nitrogen and oxygen atoms in total. The number of benzene rings is 2. The smallest absolute Gasteiger partial charge is 0.150 e. The molecule has 1 aliphatic carbocycles. The Morgan fingerprint density at radius 1 is 1.11 bits per heavy atom. The summed E-state index contributed by atoms with van der Waals surface area (Å²) < 4.78 is 6.07. The lowest BCUT2D eigenvalue weighted by Crippen LogP contribution is -2.15. The molecule has 3 rings (SSSR count). The van der Waals surface area contributed by atoms with E-state index in [2.05, 4.69) is 24.3 Å². The highest BCUT2D eigenvalue weighted by atomic mass is 16.5. The Hall–Kier alpha value is -2.09. The number of rotatable bonds is 3. The number of carbonyl (C=O) groups is 1. The van der Waals surface area contributed by atoms with Crippen molar-refractivity contribution < 1.29 is 9.53 Å². The summed E-state index contributed by atoms with van der Waals surface area (Å²) in [4.78, 5) is 10.8. The summed E-state index contributed by atoms with van der Waals surface area (Å²) in [7, 11) is 0. The fraction of sp³-hybridized carbons (Fsp3) is 0.235. The molecular formula is C17H16O2. The monoisotopic (exact) mass is 252 g/mol. The van der Waals surface area contributed by atoms with Gasteiger partial charge in [0.15, 0.2) is 0 Å². The van der Waals surface area contributed by atoms with Gasteiger partial charge in [0.2, 0.25) is 0 Å². The van der Waals surface area contributed by atoms with Crippen molar-refractivity contribution in [3.05, 3.63) is 65.2 Å². The van der Waals surface area contributed by atoms with Gasteiger partial charge in [-0.15, -0.1) is 0 Å². The minimum Gasteiger partial charge on any atom is -0.486 e. The van der Waals surface area contributed by atoms with Crippen LogP contribution < -0.4 is 4.74 Å². The summed E-state index contributed by atoms with van der Waals surface area (Å²) in [6.07, 6.45) is 4.26. The minimum atomic E-state index is 0.104. The van der Waals surface area contributed by atoms with E-state index in [9.17, 15) is 4.79 Å². The maximum absolute atomic E-state index is 10.8. The molecule has 2 heteroatoms. The van der Waals surface area contributed by atoms with Crippen LogP contribution in [0.2, 0.25) is 0 Å². The molecule has 0 aliphatic heterocycles. The van der Waals surface area contributed by atoms with Crippen LogP contribution in [0.3, 0.4) is 0 Å². The molecule has 0 fully saturated rings. The van der Waals surface area contributed by atoms with Gasteiger partial charge in [-0.2, -0.15) is 0 Å². The van der Waals surface area contributed by atoms with Gasteiger partial charge >= 0.3 is 0 Å². The molecule has 2 aromatic rings. The van der Waals surface area contributed by atoms with Gasteiger partial charge < -0.3 is 4.74 Å². The van der Waals surface area contributed by atoms with Crippen LogP contribution in [0.25, 0.3) is 0 Å². The molecule has 0 heterocycles. The summed E-state index contributed by atoms with van der Waals surface area (Å²) in [6, 6.07) is 15.8. The fourth-order valence-electron chi connectivity index (χ4n) is 2.66. The van der Waals surface area contributed by atoms with E-state index in [0.29, 0.717) is 5.56 Å². The quantitative estimate of drug-likeness (QED) is 0.773. The Bertz CT molecular complexity index is 589. The first-order chi connectivity index (χ1) is 9.36. The second-order valence-corrected chi connectivity index (χ2v) is 4.89. The van der Waals surface area contributed by atoms with Crippen LogP contribution in [0.15, 0.2) is 48.5 Å². The Labute approximate surface area is 113 Å². The summed E-state index contributed by atoms with van der Waals surface area (Å²) in [5.41, 5.74) is 3.32. The minimum absolute atomic E-state index is 0.104. The van der Waals surface area contributed by atoms with Gasteiger partial charge in [0.1, 0.15) is 18.1 Å². The molecule has 0 saturated carbocycles. The summed E-state index contributed by atoms with van der Waals surface area (Å²) in [6.45, 7) is 0. The van der Waals surface area contributed by atoms with Crippen molar-refractivity contribution >= 4 is 6.29 Å². The van der Waals surface area contributed by atoms with E-state index in [0.717, 1.165) is 31.3 Å². The van der Waals surface area contributed by atoms with E-state index >= 15 is 0 Å². The highest BCUT2D eigenvalue weighted by Gasteiger charge is 2.21. The van der Waals surface area contributed by atoms with Crippen LogP contribution in [0.4, 0.5) is 0 Å². The number of fused-ring (bicyclic) bond motifs is 1. The van der Waals surface area contributed by atoms with Crippen molar-refractivity contribution in [3.63, 3.8) is 0 Å². The highest BCUT2D eigenvalue weighted by molar-refractivity contribution is 5.75. The van der Waals surface area contributed by atoms with Crippen LogP contribution in [0.5, 0.6) is 5.75 Å². The number of aryl methyl sites for hydroxylation is 1. The van der Waals surface area contributed by atoms with Crippen molar-refractivity contribution in [2.45, 2.75) is 25.4 Å². The Morgan fingerprint density at radius 2 is 2.00 bits per heavy atom. The molecule has 0 radical (unpaired) electrons. The van der Waals surface area contributed by atoms with Crippen molar-refractivity contribution in [2.75, 3.05) is 0 Å². The normalized spacial score (nSPS) is 17.6. The van der Waals surface area contributed by atoms with Crippen molar-refractivity contribution in [1.82, 2.24) is 0 Å². The van der Waals surface area contributed by atoms with E-state index in [1.807, 2.05) is 12.1 Å². The van der Waals surface area contributed by atoms with E-state index in [4.69, 9.17) is 4.74 Å². The van der Waals surface area contributed by atoms with Gasteiger partial charge in [0, 0.05) is 5.56 Å². The van der Waals surface area contributed by atoms with Gasteiger partial charge in [-0.05, 0) is 42.5 Å². The number of ether oxygens (including phenoxy) is 1. The topological polar surface area (TPSA) is 26.3 Å². The summed E-state index contributed by atoms with van der Waals surface area (Å²) in [5.74, 6) is 0.770. The molecular weight excluding hydrogens is 236 g/mol. The predicted octanol–water partition coefficient (Wildman–Crippen LogP) is 3.96. The zero-order valence-electron chi connectivity index (χ0n) is 10.7. The average Bonchev–Trinajstić information content (AvgIpc) is 2.48. The molecule has 0 spiro atoms. The Balaban J connectivity index is 1.86. The van der Waals surface area contributed by atoms with Crippen LogP contribution in [0, 0.1) is 0 Å². The van der Waals surface area contributed by atoms with Crippen molar-refractivity contribution in [2.24, 2.45) is 0 Å². The number of hydrogen-bond donors (Lipinski definition) is 0. The first-order valence-corrected chi connectivity index (χ1v) is 6.66. The highest BCUT2D eigenvalue weighted by Crippen LogP contribution is 2.33.